The van der Waals surface area contributed by atoms with Crippen LogP contribution in [-0.2, 0) is 19.1 Å². The molecule has 1 atom stereocenters. The standard InChI is InChI=1S/C10H16O4/c1-4-5-13-7-9(3)14-10(12)6-8(2)11/h4,9H,1,5-7H2,2-3H3. The fourth-order valence-corrected chi connectivity index (χ4v) is 0.821. The Morgan fingerprint density at radius 1 is 1.50 bits per heavy atom. The minimum Gasteiger partial charge on any atom is -0.460 e. The first-order valence-corrected chi connectivity index (χ1v) is 4.43. The fraction of sp³-hybridized carbons (Fsp3) is 0.600. The van der Waals surface area contributed by atoms with Crippen molar-refractivity contribution in [1.82, 2.24) is 0 Å². The van der Waals surface area contributed by atoms with E-state index in [1.165, 1.54) is 6.92 Å². The maximum atomic E-state index is 11.0. The second-order valence-electron chi connectivity index (χ2n) is 3.01. The molecule has 0 aromatic heterocycles. The molecule has 0 N–H and O–H groups in total. The molecule has 0 amide bonds. The lowest BCUT2D eigenvalue weighted by molar-refractivity contribution is -0.152. The normalized spacial score (nSPS) is 11.9. The Labute approximate surface area is 83.9 Å². The van der Waals surface area contributed by atoms with Gasteiger partial charge < -0.3 is 9.47 Å². The van der Waals surface area contributed by atoms with Crippen molar-refractivity contribution in [3.63, 3.8) is 0 Å². The Hall–Kier alpha value is -1.16. The largest absolute Gasteiger partial charge is 0.460 e. The van der Waals surface area contributed by atoms with Crippen molar-refractivity contribution >= 4 is 11.8 Å². The summed E-state index contributed by atoms with van der Waals surface area (Å²) in [5, 5.41) is 0. The minimum atomic E-state index is -0.507. The summed E-state index contributed by atoms with van der Waals surface area (Å²) in [5.74, 6) is -0.707. The van der Waals surface area contributed by atoms with Gasteiger partial charge in [-0.3, -0.25) is 9.59 Å². The molecule has 0 rings (SSSR count). The summed E-state index contributed by atoms with van der Waals surface area (Å²) < 4.78 is 9.96. The molecule has 0 fully saturated rings. The van der Waals surface area contributed by atoms with Crippen molar-refractivity contribution in [3.8, 4) is 0 Å². The van der Waals surface area contributed by atoms with Gasteiger partial charge in [0, 0.05) is 0 Å². The zero-order valence-corrected chi connectivity index (χ0v) is 8.62. The fourth-order valence-electron chi connectivity index (χ4n) is 0.821. The number of esters is 1. The second kappa shape index (κ2) is 7.26. The summed E-state index contributed by atoms with van der Waals surface area (Å²) in [6, 6.07) is 0. The zero-order valence-electron chi connectivity index (χ0n) is 8.62. The van der Waals surface area contributed by atoms with E-state index in [1.54, 1.807) is 13.0 Å². The minimum absolute atomic E-state index is 0.175. The molecule has 0 saturated heterocycles. The number of carbonyl (C=O) groups excluding carboxylic acids is 2. The van der Waals surface area contributed by atoms with Crippen LogP contribution in [0.1, 0.15) is 20.3 Å². The lowest BCUT2D eigenvalue weighted by Gasteiger charge is -2.12. The third-order valence-electron chi connectivity index (χ3n) is 1.31. The van der Waals surface area contributed by atoms with Gasteiger partial charge in [-0.05, 0) is 13.8 Å². The molecule has 0 radical (unpaired) electrons. The maximum absolute atomic E-state index is 11.0. The SMILES string of the molecule is C=CCOCC(C)OC(=O)CC(C)=O. The van der Waals surface area contributed by atoms with Crippen LogP contribution in [0, 0.1) is 0 Å². The Morgan fingerprint density at radius 3 is 2.64 bits per heavy atom. The number of Topliss-reactive ketones (excluding diaryl/α,β-unsaturated/α-hetero) is 1. The third-order valence-corrected chi connectivity index (χ3v) is 1.31. The van der Waals surface area contributed by atoms with E-state index in [2.05, 4.69) is 6.58 Å². The average molecular weight is 200 g/mol. The van der Waals surface area contributed by atoms with Crippen molar-refractivity contribution in [2.45, 2.75) is 26.4 Å². The van der Waals surface area contributed by atoms with E-state index < -0.39 is 5.97 Å². The van der Waals surface area contributed by atoms with Crippen molar-refractivity contribution in [3.05, 3.63) is 12.7 Å². The molecule has 0 saturated carbocycles. The van der Waals surface area contributed by atoms with E-state index in [0.717, 1.165) is 0 Å². The monoisotopic (exact) mass is 200 g/mol. The predicted octanol–water partition coefficient (Wildman–Crippen LogP) is 1.10. The third kappa shape index (κ3) is 7.49. The number of hydrogen-bond donors (Lipinski definition) is 0. The number of ketones is 1. The van der Waals surface area contributed by atoms with Gasteiger partial charge in [-0.25, -0.2) is 0 Å². The van der Waals surface area contributed by atoms with E-state index in [0.29, 0.717) is 13.2 Å². The highest BCUT2D eigenvalue weighted by molar-refractivity contribution is 5.94. The van der Waals surface area contributed by atoms with Gasteiger partial charge in [0.1, 0.15) is 18.3 Å². The van der Waals surface area contributed by atoms with Gasteiger partial charge in [0.05, 0.1) is 13.2 Å². The second-order valence-corrected chi connectivity index (χ2v) is 3.01. The number of ether oxygens (including phenoxy) is 2. The Morgan fingerprint density at radius 2 is 2.14 bits per heavy atom. The molecule has 0 aliphatic heterocycles. The van der Waals surface area contributed by atoms with Gasteiger partial charge in [-0.2, -0.15) is 0 Å². The highest BCUT2D eigenvalue weighted by Gasteiger charge is 2.11. The topological polar surface area (TPSA) is 52.6 Å². The number of carbonyl (C=O) groups is 2. The quantitative estimate of drug-likeness (QED) is 0.267. The molecule has 0 bridgehead atoms. The van der Waals surface area contributed by atoms with Crippen molar-refractivity contribution in [1.29, 1.82) is 0 Å². The van der Waals surface area contributed by atoms with E-state index in [1.807, 2.05) is 0 Å². The van der Waals surface area contributed by atoms with Crippen LogP contribution in [0.15, 0.2) is 12.7 Å². The highest BCUT2D eigenvalue weighted by atomic mass is 16.6. The van der Waals surface area contributed by atoms with Crippen LogP contribution in [0.25, 0.3) is 0 Å². The van der Waals surface area contributed by atoms with E-state index >= 15 is 0 Å². The summed E-state index contributed by atoms with van der Waals surface area (Å²) in [6.07, 6.45) is 1.11. The summed E-state index contributed by atoms with van der Waals surface area (Å²) in [6.45, 7) is 7.28. The van der Waals surface area contributed by atoms with Crippen LogP contribution in [0.5, 0.6) is 0 Å². The van der Waals surface area contributed by atoms with E-state index in [4.69, 9.17) is 9.47 Å². The number of rotatable bonds is 7. The molecule has 0 aromatic rings. The van der Waals surface area contributed by atoms with Gasteiger partial charge >= 0.3 is 5.97 Å². The molecule has 4 nitrogen and oxygen atoms in total. The molecule has 0 spiro atoms. The Bertz CT molecular complexity index is 210. The average Bonchev–Trinajstić information content (AvgIpc) is 2.02. The predicted molar refractivity (Wildman–Crippen MR) is 51.9 cm³/mol. The first-order valence-electron chi connectivity index (χ1n) is 4.43. The van der Waals surface area contributed by atoms with Gasteiger partial charge in [-0.1, -0.05) is 6.08 Å². The summed E-state index contributed by atoms with van der Waals surface area (Å²) in [7, 11) is 0. The molecular formula is C10H16O4. The first-order chi connectivity index (χ1) is 6.56. The van der Waals surface area contributed by atoms with E-state index in [9.17, 15) is 9.59 Å². The van der Waals surface area contributed by atoms with E-state index in [-0.39, 0.29) is 18.3 Å². The highest BCUT2D eigenvalue weighted by Crippen LogP contribution is 1.96. The molecular weight excluding hydrogens is 184 g/mol. The molecule has 80 valence electrons. The van der Waals surface area contributed by atoms with Crippen LogP contribution in [-0.4, -0.2) is 31.1 Å². The smallest absolute Gasteiger partial charge is 0.313 e. The van der Waals surface area contributed by atoms with Crippen LogP contribution in [0.2, 0.25) is 0 Å². The lowest BCUT2D eigenvalue weighted by atomic mass is 10.3. The Balaban J connectivity index is 3.59. The molecule has 0 aromatic carbocycles. The summed E-state index contributed by atoms with van der Waals surface area (Å²) in [5.41, 5.74) is 0. The van der Waals surface area contributed by atoms with Crippen molar-refractivity contribution < 1.29 is 19.1 Å². The van der Waals surface area contributed by atoms with Gasteiger partial charge in [0.15, 0.2) is 0 Å². The van der Waals surface area contributed by atoms with Crippen LogP contribution in [0.3, 0.4) is 0 Å². The lowest BCUT2D eigenvalue weighted by Crippen LogP contribution is -2.21. The molecule has 0 aliphatic rings. The molecule has 1 unspecified atom stereocenters. The number of hydrogen-bond acceptors (Lipinski definition) is 4. The maximum Gasteiger partial charge on any atom is 0.313 e. The van der Waals surface area contributed by atoms with Crippen molar-refractivity contribution in [2.75, 3.05) is 13.2 Å². The summed E-state index contributed by atoms with van der Waals surface area (Å²) in [4.78, 5) is 21.5. The molecule has 0 aliphatic carbocycles. The Kier molecular flexibility index (Phi) is 6.66. The van der Waals surface area contributed by atoms with Gasteiger partial charge in [0.25, 0.3) is 0 Å². The zero-order chi connectivity index (χ0) is 11.0. The molecule has 0 heterocycles. The molecule has 4 heteroatoms. The van der Waals surface area contributed by atoms with Crippen LogP contribution in [0.4, 0.5) is 0 Å². The molecule has 14 heavy (non-hydrogen) atoms. The van der Waals surface area contributed by atoms with Crippen LogP contribution >= 0.6 is 0 Å². The van der Waals surface area contributed by atoms with Gasteiger partial charge in [-0.15, -0.1) is 6.58 Å². The summed E-state index contributed by atoms with van der Waals surface area (Å²) >= 11 is 0. The van der Waals surface area contributed by atoms with Crippen LogP contribution < -0.4 is 0 Å². The van der Waals surface area contributed by atoms with Crippen molar-refractivity contribution in [2.24, 2.45) is 0 Å². The van der Waals surface area contributed by atoms with Gasteiger partial charge in [0.2, 0.25) is 0 Å². The first kappa shape index (κ1) is 12.8.